The van der Waals surface area contributed by atoms with E-state index in [0.29, 0.717) is 24.7 Å². The number of imide groups is 1. The standard InChI is InChI=1S/C22H22FN3O5/c1-13(14-2-8-18-19(12-14)31-11-10-30-18)24-20(27)9-7-17-21(28)26(22(29)25-17)16-5-3-15(23)4-6-16/h2-6,8,12-13,17H,7,9-11H2,1H3,(H,24,27)(H,25,29)/t13-,17-/m1/s1. The number of halogens is 1. The first-order valence-electron chi connectivity index (χ1n) is 10.0. The largest absolute Gasteiger partial charge is 0.486 e. The summed E-state index contributed by atoms with van der Waals surface area (Å²) in [6.07, 6.45) is 0.213. The minimum Gasteiger partial charge on any atom is -0.486 e. The number of ether oxygens (including phenoxy) is 2. The molecular formula is C22H22FN3O5. The van der Waals surface area contributed by atoms with Gasteiger partial charge in [0.2, 0.25) is 5.91 Å². The summed E-state index contributed by atoms with van der Waals surface area (Å²) in [5.41, 5.74) is 1.15. The number of urea groups is 1. The Balaban J connectivity index is 1.32. The molecular weight excluding hydrogens is 405 g/mol. The number of hydrogen-bond acceptors (Lipinski definition) is 5. The van der Waals surface area contributed by atoms with Crippen LogP contribution >= 0.6 is 0 Å². The van der Waals surface area contributed by atoms with Gasteiger partial charge in [0, 0.05) is 6.42 Å². The quantitative estimate of drug-likeness (QED) is 0.691. The number of fused-ring (bicyclic) bond motifs is 1. The van der Waals surface area contributed by atoms with E-state index < -0.39 is 23.8 Å². The Bertz CT molecular complexity index is 1010. The second kappa shape index (κ2) is 8.63. The Hall–Kier alpha value is -3.62. The van der Waals surface area contributed by atoms with Crippen molar-refractivity contribution in [1.29, 1.82) is 0 Å². The van der Waals surface area contributed by atoms with E-state index in [1.54, 1.807) is 0 Å². The van der Waals surface area contributed by atoms with Gasteiger partial charge in [-0.05, 0) is 55.3 Å². The molecule has 0 saturated carbocycles. The number of carbonyl (C=O) groups is 3. The summed E-state index contributed by atoms with van der Waals surface area (Å²) >= 11 is 0. The smallest absolute Gasteiger partial charge is 0.329 e. The van der Waals surface area contributed by atoms with Gasteiger partial charge in [-0.15, -0.1) is 0 Å². The van der Waals surface area contributed by atoms with E-state index in [-0.39, 0.29) is 30.5 Å². The van der Waals surface area contributed by atoms with Crippen molar-refractivity contribution in [3.63, 3.8) is 0 Å². The highest BCUT2D eigenvalue weighted by atomic mass is 19.1. The van der Waals surface area contributed by atoms with E-state index in [9.17, 15) is 18.8 Å². The molecule has 2 heterocycles. The maximum Gasteiger partial charge on any atom is 0.329 e. The minimum atomic E-state index is -0.812. The molecule has 0 aliphatic carbocycles. The van der Waals surface area contributed by atoms with Gasteiger partial charge >= 0.3 is 6.03 Å². The van der Waals surface area contributed by atoms with E-state index in [1.165, 1.54) is 24.3 Å². The molecule has 0 radical (unpaired) electrons. The predicted octanol–water partition coefficient (Wildman–Crippen LogP) is 2.68. The topological polar surface area (TPSA) is 97.0 Å². The predicted molar refractivity (Wildman–Crippen MR) is 109 cm³/mol. The van der Waals surface area contributed by atoms with Crippen LogP contribution in [-0.2, 0) is 9.59 Å². The molecule has 2 aliphatic heterocycles. The highest BCUT2D eigenvalue weighted by Gasteiger charge is 2.39. The van der Waals surface area contributed by atoms with Crippen molar-refractivity contribution in [3.8, 4) is 11.5 Å². The van der Waals surface area contributed by atoms with E-state index in [0.717, 1.165) is 10.5 Å². The van der Waals surface area contributed by atoms with E-state index in [2.05, 4.69) is 10.6 Å². The lowest BCUT2D eigenvalue weighted by molar-refractivity contribution is -0.122. The number of nitrogens with zero attached hydrogens (tertiary/aromatic N) is 1. The van der Waals surface area contributed by atoms with Gasteiger partial charge in [0.05, 0.1) is 11.7 Å². The van der Waals surface area contributed by atoms with Gasteiger partial charge in [0.1, 0.15) is 25.1 Å². The van der Waals surface area contributed by atoms with Crippen molar-refractivity contribution in [1.82, 2.24) is 10.6 Å². The third kappa shape index (κ3) is 4.45. The SMILES string of the molecule is C[C@@H](NC(=O)CC[C@H]1NC(=O)N(c2ccc(F)cc2)C1=O)c1ccc2c(c1)OCCO2. The first-order chi connectivity index (χ1) is 14.9. The zero-order valence-electron chi connectivity index (χ0n) is 16.9. The average molecular weight is 427 g/mol. The van der Waals surface area contributed by atoms with Crippen LogP contribution in [0.3, 0.4) is 0 Å². The Morgan fingerprint density at radius 1 is 1.16 bits per heavy atom. The summed E-state index contributed by atoms with van der Waals surface area (Å²) in [7, 11) is 0. The Morgan fingerprint density at radius 2 is 1.87 bits per heavy atom. The number of benzene rings is 2. The fourth-order valence-electron chi connectivity index (χ4n) is 3.56. The van der Waals surface area contributed by atoms with Gasteiger partial charge in [-0.2, -0.15) is 0 Å². The normalized spacial score (nSPS) is 18.5. The zero-order valence-corrected chi connectivity index (χ0v) is 16.9. The van der Waals surface area contributed by atoms with Gasteiger partial charge in [-0.3, -0.25) is 9.59 Å². The van der Waals surface area contributed by atoms with Crippen LogP contribution in [0.2, 0.25) is 0 Å². The van der Waals surface area contributed by atoms with Crippen molar-refractivity contribution in [2.24, 2.45) is 0 Å². The first kappa shape index (κ1) is 20.6. The van der Waals surface area contributed by atoms with Crippen LogP contribution in [0.25, 0.3) is 0 Å². The molecule has 8 nitrogen and oxygen atoms in total. The molecule has 0 bridgehead atoms. The highest BCUT2D eigenvalue weighted by molar-refractivity contribution is 6.21. The number of amides is 4. The lowest BCUT2D eigenvalue weighted by atomic mass is 10.1. The number of nitrogens with one attached hydrogen (secondary N) is 2. The molecule has 2 atom stereocenters. The molecule has 0 aromatic heterocycles. The van der Waals surface area contributed by atoms with Crippen LogP contribution in [0.1, 0.15) is 31.4 Å². The second-order valence-corrected chi connectivity index (χ2v) is 7.38. The molecule has 0 unspecified atom stereocenters. The minimum absolute atomic E-state index is 0.0584. The zero-order chi connectivity index (χ0) is 22.0. The molecule has 162 valence electrons. The number of carbonyl (C=O) groups excluding carboxylic acids is 3. The van der Waals surface area contributed by atoms with Crippen molar-refractivity contribution in [3.05, 3.63) is 53.8 Å². The van der Waals surface area contributed by atoms with Crippen LogP contribution in [-0.4, -0.2) is 37.1 Å². The lowest BCUT2D eigenvalue weighted by Gasteiger charge is -2.21. The summed E-state index contributed by atoms with van der Waals surface area (Å²) in [6.45, 7) is 2.84. The van der Waals surface area contributed by atoms with Crippen molar-refractivity contribution >= 4 is 23.5 Å². The van der Waals surface area contributed by atoms with Gasteiger partial charge < -0.3 is 20.1 Å². The molecule has 2 aromatic carbocycles. The summed E-state index contributed by atoms with van der Waals surface area (Å²) in [6, 6.07) is 8.90. The van der Waals surface area contributed by atoms with Crippen molar-refractivity contribution < 1.29 is 28.2 Å². The molecule has 2 aromatic rings. The van der Waals surface area contributed by atoms with Gasteiger partial charge in [-0.1, -0.05) is 6.07 Å². The van der Waals surface area contributed by atoms with Crippen LogP contribution in [0.15, 0.2) is 42.5 Å². The monoisotopic (exact) mass is 427 g/mol. The van der Waals surface area contributed by atoms with Crippen LogP contribution in [0.4, 0.5) is 14.9 Å². The molecule has 9 heteroatoms. The average Bonchev–Trinajstić information content (AvgIpc) is 3.05. The fraction of sp³-hybridized carbons (Fsp3) is 0.318. The summed E-state index contributed by atoms with van der Waals surface area (Å²) < 4.78 is 24.2. The number of rotatable bonds is 6. The first-order valence-corrected chi connectivity index (χ1v) is 10.0. The summed E-state index contributed by atoms with van der Waals surface area (Å²) in [4.78, 5) is 38.1. The number of anilines is 1. The molecule has 2 aliphatic rings. The molecule has 1 saturated heterocycles. The molecule has 0 spiro atoms. The Morgan fingerprint density at radius 3 is 2.61 bits per heavy atom. The van der Waals surface area contributed by atoms with Crippen LogP contribution in [0, 0.1) is 5.82 Å². The molecule has 1 fully saturated rings. The summed E-state index contributed by atoms with van der Waals surface area (Å²) in [5.74, 6) is 0.143. The third-order valence-electron chi connectivity index (χ3n) is 5.21. The molecule has 4 amide bonds. The van der Waals surface area contributed by atoms with Gasteiger partial charge in [-0.25, -0.2) is 14.1 Å². The lowest BCUT2D eigenvalue weighted by Crippen LogP contribution is -2.33. The third-order valence-corrected chi connectivity index (χ3v) is 5.21. The Labute approximate surface area is 178 Å². The maximum absolute atomic E-state index is 13.1. The second-order valence-electron chi connectivity index (χ2n) is 7.38. The van der Waals surface area contributed by atoms with Crippen LogP contribution in [0.5, 0.6) is 11.5 Å². The van der Waals surface area contributed by atoms with Crippen LogP contribution < -0.4 is 25.0 Å². The maximum atomic E-state index is 13.1. The van der Waals surface area contributed by atoms with Gasteiger partial charge in [0.15, 0.2) is 11.5 Å². The molecule has 31 heavy (non-hydrogen) atoms. The van der Waals surface area contributed by atoms with Gasteiger partial charge in [0.25, 0.3) is 5.91 Å². The van der Waals surface area contributed by atoms with E-state index in [1.807, 2.05) is 25.1 Å². The van der Waals surface area contributed by atoms with Crippen molar-refractivity contribution in [2.45, 2.75) is 31.8 Å². The molecule has 4 rings (SSSR count). The molecule has 2 N–H and O–H groups in total. The fourth-order valence-corrected chi connectivity index (χ4v) is 3.56. The van der Waals surface area contributed by atoms with Crippen molar-refractivity contribution in [2.75, 3.05) is 18.1 Å². The Kier molecular flexibility index (Phi) is 5.75. The number of hydrogen-bond donors (Lipinski definition) is 2. The van der Waals surface area contributed by atoms with E-state index >= 15 is 0 Å². The summed E-state index contributed by atoms with van der Waals surface area (Å²) in [5, 5.41) is 5.46. The van der Waals surface area contributed by atoms with E-state index in [4.69, 9.17) is 9.47 Å². The highest BCUT2D eigenvalue weighted by Crippen LogP contribution is 2.32.